The second kappa shape index (κ2) is 7.46. The molecule has 0 saturated carbocycles. The number of hydrogen-bond acceptors (Lipinski definition) is 5. The summed E-state index contributed by atoms with van der Waals surface area (Å²) in [5.41, 5.74) is -0.728. The summed E-state index contributed by atoms with van der Waals surface area (Å²) in [4.78, 5) is 11.4. The number of aromatic nitrogens is 1. The Morgan fingerprint density at radius 1 is 1.27 bits per heavy atom. The van der Waals surface area contributed by atoms with Gasteiger partial charge in [0, 0.05) is 6.61 Å². The molecule has 1 aromatic carbocycles. The number of nitrogens with zero attached hydrogens (tertiary/aromatic N) is 1. The van der Waals surface area contributed by atoms with E-state index >= 15 is 0 Å². The third-order valence-corrected chi connectivity index (χ3v) is 4.04. The summed E-state index contributed by atoms with van der Waals surface area (Å²) in [6.07, 6.45) is -2.79. The van der Waals surface area contributed by atoms with E-state index in [0.29, 0.717) is 18.6 Å². The lowest BCUT2D eigenvalue weighted by Gasteiger charge is -2.27. The zero-order valence-corrected chi connectivity index (χ0v) is 13.5. The van der Waals surface area contributed by atoms with E-state index < -0.39 is 30.1 Å². The highest BCUT2D eigenvalue weighted by Gasteiger charge is 2.32. The van der Waals surface area contributed by atoms with E-state index in [0.717, 1.165) is 31.2 Å². The van der Waals surface area contributed by atoms with E-state index in [1.165, 1.54) is 12.1 Å². The van der Waals surface area contributed by atoms with Crippen molar-refractivity contribution in [2.75, 3.05) is 6.61 Å². The van der Waals surface area contributed by atoms with Crippen LogP contribution >= 0.6 is 0 Å². The van der Waals surface area contributed by atoms with Gasteiger partial charge in [0.05, 0.1) is 5.56 Å². The summed E-state index contributed by atoms with van der Waals surface area (Å²) in [6, 6.07) is 4.29. The normalized spacial score (nSPS) is 19.3. The lowest BCUT2D eigenvalue weighted by Crippen LogP contribution is -2.25. The van der Waals surface area contributed by atoms with Gasteiger partial charge in [-0.2, -0.15) is 13.2 Å². The highest BCUT2D eigenvalue weighted by molar-refractivity contribution is 5.88. The second-order valence-electron chi connectivity index (χ2n) is 5.85. The SMILES string of the molecule is O=C(O)c1conc1C(OC1CCCCO1)c1ccc(C(F)(F)F)cc1. The maximum atomic E-state index is 12.8. The van der Waals surface area contributed by atoms with Crippen LogP contribution in [0, 0.1) is 0 Å². The number of carbonyl (C=O) groups is 1. The van der Waals surface area contributed by atoms with Gasteiger partial charge in [0.15, 0.2) is 6.29 Å². The molecule has 26 heavy (non-hydrogen) atoms. The van der Waals surface area contributed by atoms with Crippen molar-refractivity contribution in [3.05, 3.63) is 52.9 Å². The molecule has 2 atom stereocenters. The average molecular weight is 371 g/mol. The van der Waals surface area contributed by atoms with Crippen molar-refractivity contribution in [3.8, 4) is 0 Å². The molecule has 2 aromatic rings. The lowest BCUT2D eigenvalue weighted by molar-refractivity contribution is -0.182. The summed E-state index contributed by atoms with van der Waals surface area (Å²) in [7, 11) is 0. The highest BCUT2D eigenvalue weighted by atomic mass is 19.4. The van der Waals surface area contributed by atoms with Gasteiger partial charge in [-0.15, -0.1) is 0 Å². The van der Waals surface area contributed by atoms with Gasteiger partial charge in [0.2, 0.25) is 0 Å². The van der Waals surface area contributed by atoms with Crippen LogP contribution in [-0.2, 0) is 15.7 Å². The molecule has 1 aromatic heterocycles. The van der Waals surface area contributed by atoms with Crippen molar-refractivity contribution < 1.29 is 37.1 Å². The second-order valence-corrected chi connectivity index (χ2v) is 5.85. The van der Waals surface area contributed by atoms with Crippen LogP contribution in [0.15, 0.2) is 35.1 Å². The van der Waals surface area contributed by atoms with Crippen LogP contribution < -0.4 is 0 Å². The minimum Gasteiger partial charge on any atom is -0.478 e. The van der Waals surface area contributed by atoms with Gasteiger partial charge in [-0.1, -0.05) is 17.3 Å². The minimum atomic E-state index is -4.47. The van der Waals surface area contributed by atoms with Crippen LogP contribution in [0.5, 0.6) is 0 Å². The zero-order valence-electron chi connectivity index (χ0n) is 13.5. The molecule has 3 rings (SSSR count). The van der Waals surface area contributed by atoms with Gasteiger partial charge in [0.1, 0.15) is 23.6 Å². The third kappa shape index (κ3) is 4.05. The Labute approximate surface area is 146 Å². The van der Waals surface area contributed by atoms with Crippen molar-refractivity contribution >= 4 is 5.97 Å². The number of carboxylic acid groups (broad SMARTS) is 1. The van der Waals surface area contributed by atoms with Crippen LogP contribution in [-0.4, -0.2) is 29.1 Å². The van der Waals surface area contributed by atoms with Crippen LogP contribution in [0.25, 0.3) is 0 Å². The molecule has 140 valence electrons. The van der Waals surface area contributed by atoms with E-state index in [4.69, 9.17) is 14.0 Å². The Bertz CT molecular complexity index is 751. The molecule has 6 nitrogen and oxygen atoms in total. The molecule has 2 unspecified atom stereocenters. The number of rotatable bonds is 5. The highest BCUT2D eigenvalue weighted by Crippen LogP contribution is 2.34. The first kappa shape index (κ1) is 18.4. The molecule has 0 bridgehead atoms. The first-order valence-corrected chi connectivity index (χ1v) is 7.98. The van der Waals surface area contributed by atoms with Crippen LogP contribution in [0.2, 0.25) is 0 Å². The molecule has 1 aliphatic heterocycles. The molecule has 1 saturated heterocycles. The van der Waals surface area contributed by atoms with Crippen molar-refractivity contribution in [2.24, 2.45) is 0 Å². The Balaban J connectivity index is 1.94. The smallest absolute Gasteiger partial charge is 0.416 e. The Kier molecular flexibility index (Phi) is 5.28. The van der Waals surface area contributed by atoms with Crippen LogP contribution in [0.4, 0.5) is 13.2 Å². The van der Waals surface area contributed by atoms with E-state index in [9.17, 15) is 23.1 Å². The standard InChI is InChI=1S/C17H16F3NO5/c18-17(19,20)11-6-4-10(5-7-11)15(26-13-3-1-2-8-24-13)14-12(16(22)23)9-25-21-14/h4-7,9,13,15H,1-3,8H2,(H,22,23). The molecule has 2 heterocycles. The number of ether oxygens (including phenoxy) is 2. The number of carboxylic acids is 1. The van der Waals surface area contributed by atoms with Gasteiger partial charge in [-0.05, 0) is 37.0 Å². The maximum absolute atomic E-state index is 12.8. The van der Waals surface area contributed by atoms with Gasteiger partial charge >= 0.3 is 12.1 Å². The number of halogens is 3. The summed E-state index contributed by atoms with van der Waals surface area (Å²) in [6.45, 7) is 0.495. The Hall–Kier alpha value is -2.39. The van der Waals surface area contributed by atoms with Crippen molar-refractivity contribution in [3.63, 3.8) is 0 Å². The lowest BCUT2D eigenvalue weighted by atomic mass is 10.0. The molecular formula is C17H16F3NO5. The van der Waals surface area contributed by atoms with E-state index in [-0.39, 0.29) is 11.3 Å². The van der Waals surface area contributed by atoms with Crippen LogP contribution in [0.3, 0.4) is 0 Å². The number of alkyl halides is 3. The number of aromatic carboxylic acids is 1. The zero-order chi connectivity index (χ0) is 18.7. The summed E-state index contributed by atoms with van der Waals surface area (Å²) in [5.74, 6) is -1.27. The fourth-order valence-electron chi connectivity index (χ4n) is 2.71. The summed E-state index contributed by atoms with van der Waals surface area (Å²) in [5, 5.41) is 13.0. The van der Waals surface area contributed by atoms with E-state index in [2.05, 4.69) is 5.16 Å². The average Bonchev–Trinajstić information content (AvgIpc) is 3.10. The molecular weight excluding hydrogens is 355 g/mol. The Morgan fingerprint density at radius 3 is 2.58 bits per heavy atom. The molecule has 1 aliphatic rings. The summed E-state index contributed by atoms with van der Waals surface area (Å²) < 4.78 is 54.4. The molecule has 0 amide bonds. The van der Waals surface area contributed by atoms with Gasteiger partial charge in [0.25, 0.3) is 0 Å². The largest absolute Gasteiger partial charge is 0.478 e. The van der Waals surface area contributed by atoms with Crippen molar-refractivity contribution in [2.45, 2.75) is 37.8 Å². The van der Waals surface area contributed by atoms with Crippen molar-refractivity contribution in [1.29, 1.82) is 0 Å². The monoisotopic (exact) mass is 371 g/mol. The quantitative estimate of drug-likeness (QED) is 0.855. The van der Waals surface area contributed by atoms with E-state index in [1.54, 1.807) is 0 Å². The van der Waals surface area contributed by atoms with Gasteiger partial charge < -0.3 is 19.1 Å². The first-order chi connectivity index (χ1) is 12.4. The van der Waals surface area contributed by atoms with E-state index in [1.807, 2.05) is 0 Å². The predicted octanol–water partition coefficient (Wildman–Crippen LogP) is 4.02. The maximum Gasteiger partial charge on any atom is 0.416 e. The predicted molar refractivity (Wildman–Crippen MR) is 81.4 cm³/mol. The topological polar surface area (TPSA) is 81.8 Å². The van der Waals surface area contributed by atoms with Gasteiger partial charge in [-0.3, -0.25) is 0 Å². The van der Waals surface area contributed by atoms with Crippen LogP contribution in [0.1, 0.15) is 52.5 Å². The molecule has 1 fully saturated rings. The number of hydrogen-bond donors (Lipinski definition) is 1. The first-order valence-electron chi connectivity index (χ1n) is 7.98. The van der Waals surface area contributed by atoms with Crippen molar-refractivity contribution in [1.82, 2.24) is 5.16 Å². The van der Waals surface area contributed by atoms with Gasteiger partial charge in [-0.25, -0.2) is 4.79 Å². The fraction of sp³-hybridized carbons (Fsp3) is 0.412. The molecule has 1 N–H and O–H groups in total. The fourth-order valence-corrected chi connectivity index (χ4v) is 2.71. The molecule has 0 radical (unpaired) electrons. The number of benzene rings is 1. The molecule has 0 aliphatic carbocycles. The minimum absolute atomic E-state index is 0.0218. The third-order valence-electron chi connectivity index (χ3n) is 4.04. The summed E-state index contributed by atoms with van der Waals surface area (Å²) >= 11 is 0. The molecule has 9 heteroatoms. The molecule has 0 spiro atoms. The Morgan fingerprint density at radius 2 is 2.00 bits per heavy atom.